The van der Waals surface area contributed by atoms with Gasteiger partial charge in [-0.25, -0.2) is 41.8 Å². The third kappa shape index (κ3) is 22.1. The summed E-state index contributed by atoms with van der Waals surface area (Å²) in [6.45, 7) is 3.34. The van der Waals surface area contributed by atoms with E-state index in [1.807, 2.05) is 0 Å². The number of sulfonamides is 1. The number of thioether (sulfide) groups is 1. The number of nitrogens with two attached hydrogens (primary N) is 3. The monoisotopic (exact) mass is 1340 g/mol. The van der Waals surface area contributed by atoms with Crippen molar-refractivity contribution in [2.75, 3.05) is 37.8 Å². The van der Waals surface area contributed by atoms with Crippen LogP contribution in [0.4, 0.5) is 5.82 Å². The van der Waals surface area contributed by atoms with Gasteiger partial charge in [0.05, 0.1) is 31.1 Å². The Balaban J connectivity index is 1.03. The zero-order chi connectivity index (χ0) is 65.5. The number of anilines is 1. The van der Waals surface area contributed by atoms with Crippen molar-refractivity contribution in [1.82, 2.24) is 45.5 Å². The van der Waals surface area contributed by atoms with Crippen LogP contribution in [0.1, 0.15) is 86.7 Å². The summed E-state index contributed by atoms with van der Waals surface area (Å²) in [7, 11) is -20.9. The van der Waals surface area contributed by atoms with E-state index < -0.39 is 135 Å². The van der Waals surface area contributed by atoms with E-state index >= 15 is 0 Å². The fourth-order valence-electron chi connectivity index (χ4n) is 8.21. The van der Waals surface area contributed by atoms with Crippen molar-refractivity contribution in [2.24, 2.45) is 22.8 Å². The molecular formula is C48H71N14O21P3S2. The molecule has 3 heterocycles. The summed E-state index contributed by atoms with van der Waals surface area (Å²) in [4.78, 5) is 117. The number of carbonyl (C=O) groups excluding carboxylic acids is 5. The number of amidine groups is 2. The molecule has 0 saturated carbocycles. The van der Waals surface area contributed by atoms with E-state index in [1.165, 1.54) is 38.1 Å². The van der Waals surface area contributed by atoms with Crippen molar-refractivity contribution in [2.45, 2.75) is 108 Å². The lowest BCUT2D eigenvalue weighted by molar-refractivity contribution is -0.137. The normalized spacial score (nSPS) is 19.1. The number of aliphatic hydroxyl groups excluding tert-OH is 2. The van der Waals surface area contributed by atoms with Crippen LogP contribution in [-0.2, 0) is 77.8 Å². The van der Waals surface area contributed by atoms with E-state index in [2.05, 4.69) is 49.8 Å². The molecule has 5 rings (SSSR count). The Morgan fingerprint density at radius 1 is 0.886 bits per heavy atom. The Morgan fingerprint density at radius 3 is 2.22 bits per heavy atom. The third-order valence-electron chi connectivity index (χ3n) is 13.1. The second kappa shape index (κ2) is 31.5. The standard InChI is InChI=1S/C48H71N14O21P3S2/c1-5-26(2)35(44(67)60-31(13-14-33(49)50)43(66)56-20-27-9-11-29(12-10-27)40(51)52)61-88(77,78)22-28-7-6-8-30(19-28)47(69)87-18-17-54-34(63)15-16-55-45(68)39(65)48(3,4)23-80-86(75,76)83-85(73,74)79-21-32-38(82-84(70,71)72)37(64)46(81-32)62-25-59-36-41(53)57-24-58-42(36)62/h6-12,19,24-26,31-32,35,37-39,46,61,64-65H,5,13-18,20-23H2,1-4H3,(H3,49,50)(H3,51,52)(H,54,63)(H,55,68)(H,56,66)(H,60,67)(H,73,74)(H,75,76)(H2,53,57,58)(H2,70,71,72)/t26-,31+,32?,35-,37?,38?,39?,46?/m1/s1. The van der Waals surface area contributed by atoms with Gasteiger partial charge in [-0.15, -0.1) is 0 Å². The second-order valence-electron chi connectivity index (χ2n) is 20.6. The van der Waals surface area contributed by atoms with Crippen LogP contribution in [0.5, 0.6) is 0 Å². The second-order valence-corrected chi connectivity index (χ2v) is 27.7. The van der Waals surface area contributed by atoms with Gasteiger partial charge in [0.1, 0.15) is 54.2 Å². The molecule has 40 heteroatoms. The van der Waals surface area contributed by atoms with Crippen molar-refractivity contribution < 1.29 is 98.5 Å². The van der Waals surface area contributed by atoms with E-state index in [4.69, 9.17) is 41.8 Å². The van der Waals surface area contributed by atoms with E-state index in [1.54, 1.807) is 38.1 Å². The number of phosphoric ester groups is 3. The fraction of sp³-hybridized carbons (Fsp3) is 0.500. The van der Waals surface area contributed by atoms with Gasteiger partial charge in [-0.1, -0.05) is 88.3 Å². The molecule has 0 aliphatic carbocycles. The third-order valence-corrected chi connectivity index (χ3v) is 18.5. The highest BCUT2D eigenvalue weighted by Gasteiger charge is 2.50. The minimum absolute atomic E-state index is 0.000615. The largest absolute Gasteiger partial charge is 0.481 e. The predicted octanol–water partition coefficient (Wildman–Crippen LogP) is -0.386. The summed E-state index contributed by atoms with van der Waals surface area (Å²) < 4.78 is 92.3. The van der Waals surface area contributed by atoms with Gasteiger partial charge in [0.15, 0.2) is 17.7 Å². The Bertz CT molecular complexity index is 3440. The average Bonchev–Trinajstić information content (AvgIpc) is 1.83. The minimum atomic E-state index is -5.65. The molecule has 0 bridgehead atoms. The van der Waals surface area contributed by atoms with Crippen LogP contribution in [0, 0.1) is 22.2 Å². The van der Waals surface area contributed by atoms with Crippen molar-refractivity contribution in [3.8, 4) is 0 Å². The molecule has 486 valence electrons. The number of aromatic nitrogens is 4. The van der Waals surface area contributed by atoms with Crippen LogP contribution >= 0.6 is 35.2 Å². The van der Waals surface area contributed by atoms with E-state index in [-0.39, 0.29) is 84.4 Å². The Morgan fingerprint density at radius 2 is 1.57 bits per heavy atom. The number of imidazole rings is 1. The number of ether oxygens (including phenoxy) is 1. The zero-order valence-electron chi connectivity index (χ0n) is 47.7. The zero-order valence-corrected chi connectivity index (χ0v) is 52.0. The number of hydrogen-bond acceptors (Lipinski definition) is 24. The average molecular weight is 1340 g/mol. The Kier molecular flexibility index (Phi) is 26.0. The molecule has 35 nitrogen and oxygen atoms in total. The maximum absolute atomic E-state index is 13.8. The van der Waals surface area contributed by atoms with Crippen LogP contribution < -0.4 is 43.2 Å². The highest BCUT2D eigenvalue weighted by atomic mass is 32.2. The summed E-state index contributed by atoms with van der Waals surface area (Å²) in [5, 5.41) is 46.7. The van der Waals surface area contributed by atoms with Crippen LogP contribution in [0.25, 0.3) is 11.2 Å². The SMILES string of the molecule is CC[C@@H](C)[C@@H](NS(=O)(=O)Cc1cccc(C(=O)SCCNC(=O)CCNC(=O)C(O)C(C)(C)COP(=O)(O)OP(=O)(O)OCC2OC(n3cnc4c(N)ncnc43)C(O)C2OP(=O)(O)O)c1)C(=O)N[C@@H](CCC(=N)N)C(=O)NCc1ccc(C(=N)N)cc1. The van der Waals surface area contributed by atoms with Crippen LogP contribution in [0.15, 0.2) is 61.2 Å². The first kappa shape index (κ1) is 72.5. The Labute approximate surface area is 507 Å². The molecule has 4 amide bonds. The van der Waals surface area contributed by atoms with Gasteiger partial charge in [-0.2, -0.15) is 4.31 Å². The fourth-order valence-corrected chi connectivity index (χ4v) is 13.1. The molecule has 4 aromatic rings. The maximum atomic E-state index is 13.8. The van der Waals surface area contributed by atoms with Crippen molar-refractivity contribution in [3.63, 3.8) is 0 Å². The predicted molar refractivity (Wildman–Crippen MR) is 314 cm³/mol. The van der Waals surface area contributed by atoms with E-state index in [0.29, 0.717) is 17.5 Å². The number of fused-ring (bicyclic) bond motifs is 1. The molecule has 19 N–H and O–H groups in total. The first-order valence-electron chi connectivity index (χ1n) is 26.5. The van der Waals surface area contributed by atoms with Crippen LogP contribution in [-0.4, -0.2) is 167 Å². The quantitative estimate of drug-likeness (QED) is 0.0121. The number of hydrogen-bond donors (Lipinski definition) is 16. The molecule has 2 aromatic heterocycles. The van der Waals surface area contributed by atoms with Crippen molar-refractivity contribution in [1.29, 1.82) is 10.8 Å². The molecular weight excluding hydrogens is 1270 g/mol. The molecule has 10 atom stereocenters. The number of rotatable bonds is 35. The van der Waals surface area contributed by atoms with Gasteiger partial charge in [-0.05, 0) is 29.5 Å². The lowest BCUT2D eigenvalue weighted by Gasteiger charge is -2.30. The number of benzene rings is 2. The highest BCUT2D eigenvalue weighted by molar-refractivity contribution is 8.14. The first-order chi connectivity index (χ1) is 41.0. The molecule has 1 saturated heterocycles. The molecule has 0 spiro atoms. The molecule has 7 unspecified atom stereocenters. The highest BCUT2D eigenvalue weighted by Crippen LogP contribution is 2.61. The van der Waals surface area contributed by atoms with E-state index in [0.717, 1.165) is 29.0 Å². The van der Waals surface area contributed by atoms with Gasteiger partial charge in [-0.3, -0.25) is 52.9 Å². The summed E-state index contributed by atoms with van der Waals surface area (Å²) in [5.74, 6) is -4.65. The topological polar surface area (TPSA) is 568 Å². The molecule has 2 aromatic carbocycles. The lowest BCUT2D eigenvalue weighted by atomic mass is 9.87. The van der Waals surface area contributed by atoms with Gasteiger partial charge < -0.3 is 73.0 Å². The summed E-state index contributed by atoms with van der Waals surface area (Å²) in [6.07, 6.45) is -7.16. The first-order valence-corrected chi connectivity index (χ1v) is 33.7. The van der Waals surface area contributed by atoms with Gasteiger partial charge in [0.25, 0.3) is 0 Å². The minimum Gasteiger partial charge on any atom is -0.388 e. The molecule has 1 fully saturated rings. The number of nitrogen functional groups attached to an aromatic ring is 2. The summed E-state index contributed by atoms with van der Waals surface area (Å²) >= 11 is 0.805. The summed E-state index contributed by atoms with van der Waals surface area (Å²) in [6, 6.07) is 9.74. The molecule has 1 aliphatic rings. The van der Waals surface area contributed by atoms with Crippen molar-refractivity contribution in [3.05, 3.63) is 83.4 Å². The number of aliphatic hydroxyl groups is 2. The Hall–Kier alpha value is -6.21. The maximum Gasteiger partial charge on any atom is 0.481 e. The molecule has 0 radical (unpaired) electrons. The smallest absolute Gasteiger partial charge is 0.388 e. The number of carbonyl (C=O) groups is 5. The van der Waals surface area contributed by atoms with Gasteiger partial charge >= 0.3 is 23.5 Å². The number of phosphoric acid groups is 3. The van der Waals surface area contributed by atoms with Gasteiger partial charge in [0.2, 0.25) is 38.8 Å². The van der Waals surface area contributed by atoms with Crippen molar-refractivity contribution >= 4 is 103 Å². The molecule has 1 aliphatic heterocycles. The molecule has 88 heavy (non-hydrogen) atoms. The van der Waals surface area contributed by atoms with Gasteiger partial charge in [0, 0.05) is 54.8 Å². The van der Waals surface area contributed by atoms with Crippen LogP contribution in [0.3, 0.4) is 0 Å². The lowest BCUT2D eigenvalue weighted by Crippen LogP contribution is -2.55. The summed E-state index contributed by atoms with van der Waals surface area (Å²) in [5.41, 5.74) is 16.7. The number of nitrogens with one attached hydrogen (secondary N) is 7. The van der Waals surface area contributed by atoms with E-state index in [9.17, 15) is 75.9 Å². The van der Waals surface area contributed by atoms with Crippen LogP contribution in [0.2, 0.25) is 0 Å². The number of amides is 4. The number of nitrogens with zero attached hydrogens (tertiary/aromatic N) is 4.